The van der Waals surface area contributed by atoms with Gasteiger partial charge in [-0.05, 0) is 88.0 Å². The summed E-state index contributed by atoms with van der Waals surface area (Å²) in [6.45, 7) is 7.11. The number of amides is 2. The summed E-state index contributed by atoms with van der Waals surface area (Å²) >= 11 is 0. The van der Waals surface area contributed by atoms with Gasteiger partial charge in [0, 0.05) is 19.2 Å². The lowest BCUT2D eigenvalue weighted by Crippen LogP contribution is -2.43. The molecule has 1 atom stereocenters. The highest BCUT2D eigenvalue weighted by atomic mass is 16.6. The molecule has 3 heterocycles. The Morgan fingerprint density at radius 3 is 2.36 bits per heavy atom. The van der Waals surface area contributed by atoms with Crippen LogP contribution in [0.2, 0.25) is 0 Å². The van der Waals surface area contributed by atoms with E-state index in [0.717, 1.165) is 44.5 Å². The van der Waals surface area contributed by atoms with Crippen molar-refractivity contribution in [3.8, 4) is 11.5 Å². The van der Waals surface area contributed by atoms with Gasteiger partial charge < -0.3 is 25.0 Å². The number of hydrogen-bond acceptors (Lipinski definition) is 5. The molecule has 0 aromatic heterocycles. The summed E-state index contributed by atoms with van der Waals surface area (Å²) < 4.78 is 11.9. The van der Waals surface area contributed by atoms with Gasteiger partial charge in [-0.25, -0.2) is 4.79 Å². The molecule has 1 unspecified atom stereocenters. The van der Waals surface area contributed by atoms with Crippen LogP contribution in [0, 0.1) is 5.92 Å². The molecule has 5 rings (SSSR count). The molecule has 33 heavy (non-hydrogen) atoms. The second kappa shape index (κ2) is 9.83. The van der Waals surface area contributed by atoms with Gasteiger partial charge in [-0.2, -0.15) is 0 Å². The summed E-state index contributed by atoms with van der Waals surface area (Å²) in [5.41, 5.74) is 0.777. The zero-order chi connectivity index (χ0) is 23.4. The second-order valence-corrected chi connectivity index (χ2v) is 9.40. The van der Waals surface area contributed by atoms with Gasteiger partial charge in [0.15, 0.2) is 0 Å². The highest BCUT2D eigenvalue weighted by molar-refractivity contribution is 5.94. The SMILES string of the molecule is CNC(=O)c1cccc(Oc2cccc(C(C)(C)NC(=O)OC3CCN4CCC3CC4)c2)c1. The van der Waals surface area contributed by atoms with Gasteiger partial charge in [-0.3, -0.25) is 4.79 Å². The first-order valence-electron chi connectivity index (χ1n) is 11.7. The lowest BCUT2D eigenvalue weighted by molar-refractivity contribution is 0.0514. The standard InChI is InChI=1S/C26H33N3O4/c1-26(2,28-25(31)33-23-12-15-29-13-10-18(23)11-14-29)20-7-5-9-22(17-20)32-21-8-4-6-19(16-21)24(30)27-3/h4-9,16-18,23H,10-15H2,1-3H3,(H,27,30)(H,28,31). The first-order chi connectivity index (χ1) is 15.8. The quantitative estimate of drug-likeness (QED) is 0.685. The fourth-order valence-corrected chi connectivity index (χ4v) is 4.67. The molecule has 2 amide bonds. The van der Waals surface area contributed by atoms with Crippen LogP contribution < -0.4 is 15.4 Å². The van der Waals surface area contributed by atoms with Gasteiger partial charge >= 0.3 is 6.09 Å². The number of hydrogen-bond donors (Lipinski definition) is 2. The van der Waals surface area contributed by atoms with Crippen LogP contribution in [0.4, 0.5) is 4.79 Å². The Hall–Kier alpha value is -3.06. The van der Waals surface area contributed by atoms with Crippen LogP contribution in [0.15, 0.2) is 48.5 Å². The van der Waals surface area contributed by atoms with E-state index in [1.165, 1.54) is 0 Å². The molecule has 176 valence electrons. The lowest BCUT2D eigenvalue weighted by atomic mass is 9.92. The Balaban J connectivity index is 1.41. The van der Waals surface area contributed by atoms with Crippen LogP contribution in [-0.2, 0) is 10.3 Å². The zero-order valence-corrected chi connectivity index (χ0v) is 19.6. The van der Waals surface area contributed by atoms with E-state index in [1.807, 2.05) is 38.1 Å². The first-order valence-corrected chi connectivity index (χ1v) is 11.7. The van der Waals surface area contributed by atoms with E-state index in [2.05, 4.69) is 15.5 Å². The van der Waals surface area contributed by atoms with Gasteiger partial charge in [0.1, 0.15) is 17.6 Å². The molecule has 2 N–H and O–H groups in total. The van der Waals surface area contributed by atoms with E-state index >= 15 is 0 Å². The van der Waals surface area contributed by atoms with Gasteiger partial charge in [0.25, 0.3) is 5.91 Å². The topological polar surface area (TPSA) is 79.9 Å². The van der Waals surface area contributed by atoms with Crippen LogP contribution in [0.25, 0.3) is 0 Å². The Bertz CT molecular complexity index is 999. The first kappa shape index (κ1) is 23.1. The minimum Gasteiger partial charge on any atom is -0.457 e. The average Bonchev–Trinajstić information content (AvgIpc) is 3.11. The van der Waals surface area contributed by atoms with Crippen molar-refractivity contribution >= 4 is 12.0 Å². The number of nitrogens with zero attached hydrogens (tertiary/aromatic N) is 1. The van der Waals surface area contributed by atoms with Crippen molar-refractivity contribution in [2.75, 3.05) is 26.7 Å². The van der Waals surface area contributed by atoms with E-state index in [1.54, 1.807) is 31.3 Å². The molecule has 0 radical (unpaired) electrons. The van der Waals surface area contributed by atoms with Gasteiger partial charge in [-0.15, -0.1) is 0 Å². The van der Waals surface area contributed by atoms with E-state index in [0.29, 0.717) is 23.0 Å². The molecule has 0 spiro atoms. The number of ether oxygens (including phenoxy) is 2. The lowest BCUT2D eigenvalue weighted by Gasteiger charge is -2.31. The van der Waals surface area contributed by atoms with Crippen LogP contribution in [-0.4, -0.2) is 49.7 Å². The minimum atomic E-state index is -0.646. The van der Waals surface area contributed by atoms with E-state index in [9.17, 15) is 9.59 Å². The molecule has 3 aliphatic heterocycles. The number of alkyl carbamates (subject to hydrolysis) is 1. The van der Waals surface area contributed by atoms with Gasteiger partial charge in [0.05, 0.1) is 5.54 Å². The average molecular weight is 452 g/mol. The van der Waals surface area contributed by atoms with Crippen molar-refractivity contribution in [2.24, 2.45) is 5.92 Å². The molecule has 2 aromatic carbocycles. The maximum atomic E-state index is 12.8. The molecule has 3 saturated heterocycles. The number of piperidine rings is 1. The van der Waals surface area contributed by atoms with Crippen molar-refractivity contribution in [3.05, 3.63) is 59.7 Å². The summed E-state index contributed by atoms with van der Waals surface area (Å²) in [7, 11) is 1.59. The summed E-state index contributed by atoms with van der Waals surface area (Å²) in [6.07, 6.45) is 2.70. The summed E-state index contributed by atoms with van der Waals surface area (Å²) in [5.74, 6) is 1.48. The predicted molar refractivity (Wildman–Crippen MR) is 127 cm³/mol. The number of fused-ring (bicyclic) bond motifs is 4. The largest absolute Gasteiger partial charge is 0.457 e. The number of benzene rings is 2. The smallest absolute Gasteiger partial charge is 0.408 e. The number of nitrogens with one attached hydrogen (secondary N) is 2. The molecule has 7 heteroatoms. The molecule has 0 aliphatic carbocycles. The summed E-state index contributed by atoms with van der Waals surface area (Å²) in [5, 5.41) is 5.65. The Kier molecular flexibility index (Phi) is 6.88. The maximum Gasteiger partial charge on any atom is 0.408 e. The highest BCUT2D eigenvalue weighted by Crippen LogP contribution is 2.31. The third-order valence-corrected chi connectivity index (χ3v) is 6.68. The molecular weight excluding hydrogens is 418 g/mol. The monoisotopic (exact) mass is 451 g/mol. The van der Waals surface area contributed by atoms with Crippen molar-refractivity contribution in [1.82, 2.24) is 15.5 Å². The Labute approximate surface area is 195 Å². The van der Waals surface area contributed by atoms with E-state index < -0.39 is 5.54 Å². The normalized spacial score (nSPS) is 22.2. The Morgan fingerprint density at radius 2 is 1.64 bits per heavy atom. The summed E-state index contributed by atoms with van der Waals surface area (Å²) in [6, 6.07) is 14.6. The summed E-state index contributed by atoms with van der Waals surface area (Å²) in [4.78, 5) is 27.1. The minimum absolute atomic E-state index is 0.0180. The van der Waals surface area contributed by atoms with Crippen LogP contribution in [0.5, 0.6) is 11.5 Å². The van der Waals surface area contributed by atoms with Gasteiger partial charge in [-0.1, -0.05) is 18.2 Å². The van der Waals surface area contributed by atoms with E-state index in [4.69, 9.17) is 9.47 Å². The molecule has 3 fully saturated rings. The maximum absolute atomic E-state index is 12.8. The highest BCUT2D eigenvalue weighted by Gasteiger charge is 2.34. The fourth-order valence-electron chi connectivity index (χ4n) is 4.67. The van der Waals surface area contributed by atoms with Crippen molar-refractivity contribution < 1.29 is 19.1 Å². The van der Waals surface area contributed by atoms with Crippen LogP contribution in [0.1, 0.15) is 49.0 Å². The van der Waals surface area contributed by atoms with Gasteiger partial charge in [0.2, 0.25) is 0 Å². The van der Waals surface area contributed by atoms with E-state index in [-0.39, 0.29) is 18.1 Å². The third-order valence-electron chi connectivity index (χ3n) is 6.68. The third kappa shape index (κ3) is 5.66. The molecule has 0 saturated carbocycles. The van der Waals surface area contributed by atoms with Crippen LogP contribution >= 0.6 is 0 Å². The molecule has 3 aliphatic rings. The van der Waals surface area contributed by atoms with Crippen molar-refractivity contribution in [3.63, 3.8) is 0 Å². The predicted octanol–water partition coefficient (Wildman–Crippen LogP) is 4.28. The number of rotatable bonds is 6. The van der Waals surface area contributed by atoms with Crippen molar-refractivity contribution in [1.29, 1.82) is 0 Å². The Morgan fingerprint density at radius 1 is 0.970 bits per heavy atom. The van der Waals surface area contributed by atoms with Crippen molar-refractivity contribution in [2.45, 2.75) is 44.8 Å². The number of carbonyl (C=O) groups excluding carboxylic acids is 2. The molecule has 2 aromatic rings. The fraction of sp³-hybridized carbons (Fsp3) is 0.462. The molecular formula is C26H33N3O4. The van der Waals surface area contributed by atoms with Crippen LogP contribution in [0.3, 0.4) is 0 Å². The number of carbonyl (C=O) groups is 2. The zero-order valence-electron chi connectivity index (χ0n) is 19.6. The second-order valence-electron chi connectivity index (χ2n) is 9.40. The molecule has 2 bridgehead atoms. The molecule has 7 nitrogen and oxygen atoms in total.